The molecule has 2 heterocycles. The molecule has 0 aliphatic carbocycles. The second-order valence-electron chi connectivity index (χ2n) is 4.12. The van der Waals surface area contributed by atoms with E-state index in [1.807, 2.05) is 0 Å². The number of aromatic carboxylic acids is 1. The molecule has 0 spiro atoms. The smallest absolute Gasteiger partial charge is 0.393 e. The molecule has 1 aliphatic heterocycles. The van der Waals surface area contributed by atoms with Crippen LogP contribution in [-0.4, -0.2) is 41.2 Å². The molecule has 8 heteroatoms. The molecule has 0 bridgehead atoms. The first-order valence-electron chi connectivity index (χ1n) is 4.60. The second-order valence-corrected chi connectivity index (χ2v) is 6.30. The van der Waals surface area contributed by atoms with Crippen LogP contribution < -0.4 is 0 Å². The minimum absolute atomic E-state index is 0.0638. The van der Waals surface area contributed by atoms with Crippen molar-refractivity contribution in [1.82, 2.24) is 10.2 Å². The standard InChI is InChI=1S/C8H10N2O5S/c1-8(2-3-16(13,14)4-8)7-10-9-5(15-7)6(11)12/h2-4H2,1H3,(H,11,12). The molecule has 1 atom stereocenters. The number of hydrogen-bond acceptors (Lipinski definition) is 6. The van der Waals surface area contributed by atoms with Gasteiger partial charge < -0.3 is 9.52 Å². The predicted molar refractivity (Wildman–Crippen MR) is 51.9 cm³/mol. The van der Waals surface area contributed by atoms with Gasteiger partial charge in [0.05, 0.1) is 16.9 Å². The molecular formula is C8H10N2O5S. The van der Waals surface area contributed by atoms with E-state index in [-0.39, 0.29) is 17.4 Å². The van der Waals surface area contributed by atoms with Gasteiger partial charge in [-0.05, 0) is 13.3 Å². The summed E-state index contributed by atoms with van der Waals surface area (Å²) in [6, 6.07) is 0. The van der Waals surface area contributed by atoms with Crippen LogP contribution in [0.5, 0.6) is 0 Å². The topological polar surface area (TPSA) is 110 Å². The molecule has 7 nitrogen and oxygen atoms in total. The van der Waals surface area contributed by atoms with E-state index in [4.69, 9.17) is 9.52 Å². The number of carboxylic acid groups (broad SMARTS) is 1. The van der Waals surface area contributed by atoms with Gasteiger partial charge >= 0.3 is 11.9 Å². The quantitative estimate of drug-likeness (QED) is 0.772. The van der Waals surface area contributed by atoms with Crippen LogP contribution in [0.4, 0.5) is 0 Å². The number of carbonyl (C=O) groups is 1. The number of carboxylic acids is 1. The summed E-state index contributed by atoms with van der Waals surface area (Å²) in [6.07, 6.45) is 0.372. The summed E-state index contributed by atoms with van der Waals surface area (Å²) in [4.78, 5) is 10.5. The van der Waals surface area contributed by atoms with E-state index >= 15 is 0 Å². The molecule has 1 N–H and O–H groups in total. The first kappa shape index (κ1) is 11.1. The van der Waals surface area contributed by atoms with Crippen LogP contribution in [0, 0.1) is 0 Å². The van der Waals surface area contributed by atoms with Crippen molar-refractivity contribution in [3.63, 3.8) is 0 Å². The van der Waals surface area contributed by atoms with Crippen molar-refractivity contribution in [2.45, 2.75) is 18.8 Å². The third-order valence-electron chi connectivity index (χ3n) is 2.63. The Balaban J connectivity index is 2.34. The van der Waals surface area contributed by atoms with Gasteiger partial charge in [-0.3, -0.25) is 0 Å². The summed E-state index contributed by atoms with van der Waals surface area (Å²) in [5.41, 5.74) is -0.764. The van der Waals surface area contributed by atoms with Crippen molar-refractivity contribution >= 4 is 15.8 Å². The Kier molecular flexibility index (Phi) is 2.26. The van der Waals surface area contributed by atoms with E-state index < -0.39 is 27.1 Å². The van der Waals surface area contributed by atoms with Gasteiger partial charge in [-0.1, -0.05) is 0 Å². The Morgan fingerprint density at radius 2 is 2.19 bits per heavy atom. The highest BCUT2D eigenvalue weighted by Gasteiger charge is 2.44. The summed E-state index contributed by atoms with van der Waals surface area (Å²) in [5, 5.41) is 15.6. The van der Waals surface area contributed by atoms with Gasteiger partial charge in [0.15, 0.2) is 9.84 Å². The molecule has 16 heavy (non-hydrogen) atoms. The van der Waals surface area contributed by atoms with E-state index in [2.05, 4.69) is 10.2 Å². The highest BCUT2D eigenvalue weighted by molar-refractivity contribution is 7.91. The first-order valence-corrected chi connectivity index (χ1v) is 6.42. The van der Waals surface area contributed by atoms with Crippen molar-refractivity contribution in [3.05, 3.63) is 11.8 Å². The van der Waals surface area contributed by atoms with E-state index in [1.54, 1.807) is 6.92 Å². The average Bonchev–Trinajstić information content (AvgIpc) is 2.71. The number of rotatable bonds is 2. The van der Waals surface area contributed by atoms with Crippen LogP contribution in [0.25, 0.3) is 0 Å². The monoisotopic (exact) mass is 246 g/mol. The van der Waals surface area contributed by atoms with Gasteiger partial charge in [0.2, 0.25) is 5.89 Å². The zero-order chi connectivity index (χ0) is 12.0. The maximum absolute atomic E-state index is 11.4. The van der Waals surface area contributed by atoms with Gasteiger partial charge in [-0.15, -0.1) is 10.2 Å². The average molecular weight is 246 g/mol. The molecule has 0 amide bonds. The van der Waals surface area contributed by atoms with E-state index in [0.717, 1.165) is 0 Å². The van der Waals surface area contributed by atoms with Crippen molar-refractivity contribution in [2.75, 3.05) is 11.5 Å². The molecule has 1 unspecified atom stereocenters. The highest BCUT2D eigenvalue weighted by atomic mass is 32.2. The van der Waals surface area contributed by atoms with Crippen molar-refractivity contribution in [3.8, 4) is 0 Å². The Morgan fingerprint density at radius 3 is 2.62 bits per heavy atom. The third kappa shape index (κ3) is 1.80. The van der Waals surface area contributed by atoms with Gasteiger partial charge in [0.1, 0.15) is 0 Å². The maximum atomic E-state index is 11.4. The normalized spacial score (nSPS) is 28.1. The lowest BCUT2D eigenvalue weighted by molar-refractivity contribution is 0.0649. The van der Waals surface area contributed by atoms with Crippen LogP contribution in [0.15, 0.2) is 4.42 Å². The summed E-state index contributed by atoms with van der Waals surface area (Å²) in [5.74, 6) is -1.77. The molecule has 0 aromatic carbocycles. The Morgan fingerprint density at radius 1 is 1.50 bits per heavy atom. The maximum Gasteiger partial charge on any atom is 0.393 e. The van der Waals surface area contributed by atoms with Crippen LogP contribution in [0.3, 0.4) is 0 Å². The SMILES string of the molecule is CC1(c2nnc(C(=O)O)o2)CCS(=O)(=O)C1. The van der Waals surface area contributed by atoms with Gasteiger partial charge in [-0.2, -0.15) is 0 Å². The van der Waals surface area contributed by atoms with Crippen LogP contribution in [-0.2, 0) is 15.3 Å². The van der Waals surface area contributed by atoms with Crippen molar-refractivity contribution in [1.29, 1.82) is 0 Å². The second kappa shape index (κ2) is 3.27. The fourth-order valence-corrected chi connectivity index (χ4v) is 3.88. The molecule has 0 radical (unpaired) electrons. The molecule has 88 valence electrons. The van der Waals surface area contributed by atoms with Gasteiger partial charge in [0, 0.05) is 0 Å². The Hall–Kier alpha value is -1.44. The van der Waals surface area contributed by atoms with Crippen LogP contribution in [0.2, 0.25) is 0 Å². The lowest BCUT2D eigenvalue weighted by atomic mass is 9.90. The molecule has 1 fully saturated rings. The zero-order valence-corrected chi connectivity index (χ0v) is 9.32. The minimum atomic E-state index is -3.09. The highest BCUT2D eigenvalue weighted by Crippen LogP contribution is 2.34. The summed E-state index contributed by atoms with van der Waals surface area (Å²) in [7, 11) is -3.09. The molecule has 1 saturated heterocycles. The number of aromatic nitrogens is 2. The Labute approximate surface area is 91.4 Å². The third-order valence-corrected chi connectivity index (χ3v) is 4.53. The molecule has 1 aliphatic rings. The largest absolute Gasteiger partial charge is 0.474 e. The molecule has 1 aromatic heterocycles. The summed E-state index contributed by atoms with van der Waals surface area (Å²) >= 11 is 0. The molecular weight excluding hydrogens is 236 g/mol. The van der Waals surface area contributed by atoms with E-state index in [1.165, 1.54) is 0 Å². The molecule has 1 aromatic rings. The van der Waals surface area contributed by atoms with E-state index in [9.17, 15) is 13.2 Å². The predicted octanol–water partition coefficient (Wildman–Crippen LogP) is -0.156. The van der Waals surface area contributed by atoms with Crippen molar-refractivity contribution < 1.29 is 22.7 Å². The first-order chi connectivity index (χ1) is 7.32. The fraction of sp³-hybridized carbons (Fsp3) is 0.625. The Bertz CT molecular complexity index is 534. The molecule has 2 rings (SSSR count). The minimum Gasteiger partial charge on any atom is -0.474 e. The fourth-order valence-electron chi connectivity index (χ4n) is 1.73. The molecule has 0 saturated carbocycles. The van der Waals surface area contributed by atoms with Crippen LogP contribution in [0.1, 0.15) is 29.9 Å². The van der Waals surface area contributed by atoms with Gasteiger partial charge in [0.25, 0.3) is 0 Å². The van der Waals surface area contributed by atoms with Crippen molar-refractivity contribution in [2.24, 2.45) is 0 Å². The summed E-state index contributed by atoms with van der Waals surface area (Å²) < 4.78 is 27.6. The number of hydrogen-bond donors (Lipinski definition) is 1. The van der Waals surface area contributed by atoms with Crippen LogP contribution >= 0.6 is 0 Å². The number of nitrogens with zero attached hydrogens (tertiary/aromatic N) is 2. The zero-order valence-electron chi connectivity index (χ0n) is 8.50. The lowest BCUT2D eigenvalue weighted by Crippen LogP contribution is -2.23. The summed E-state index contributed by atoms with van der Waals surface area (Å²) in [6.45, 7) is 1.68. The lowest BCUT2D eigenvalue weighted by Gasteiger charge is -2.15. The van der Waals surface area contributed by atoms with E-state index in [0.29, 0.717) is 6.42 Å². The number of sulfone groups is 1. The van der Waals surface area contributed by atoms with Gasteiger partial charge in [-0.25, -0.2) is 13.2 Å².